The van der Waals surface area contributed by atoms with Crippen molar-refractivity contribution in [3.05, 3.63) is 30.5 Å². The van der Waals surface area contributed by atoms with E-state index in [4.69, 9.17) is 5.73 Å². The van der Waals surface area contributed by atoms with Gasteiger partial charge in [-0.2, -0.15) is 0 Å². The minimum Gasteiger partial charge on any atom is -0.397 e. The average molecular weight is 243 g/mol. The van der Waals surface area contributed by atoms with E-state index < -0.39 is 0 Å². The second-order valence-corrected chi connectivity index (χ2v) is 5.84. The molecule has 1 aromatic heterocycles. The first-order chi connectivity index (χ1) is 8.47. The summed E-state index contributed by atoms with van der Waals surface area (Å²) in [6.45, 7) is 7.70. The molecule has 1 heterocycles. The number of benzene rings is 1. The summed E-state index contributed by atoms with van der Waals surface area (Å²) in [7, 11) is 0. The predicted octanol–water partition coefficient (Wildman–Crippen LogP) is 3.67. The molecular weight excluding hydrogens is 222 g/mol. The lowest BCUT2D eigenvalue weighted by Gasteiger charge is -2.19. The molecule has 0 unspecified atom stereocenters. The van der Waals surface area contributed by atoms with Crippen LogP contribution in [0.2, 0.25) is 0 Å². The van der Waals surface area contributed by atoms with Crippen LogP contribution < -0.4 is 11.1 Å². The molecule has 2 rings (SSSR count). The van der Waals surface area contributed by atoms with E-state index in [0.29, 0.717) is 5.41 Å². The molecule has 0 aliphatic carbocycles. The molecule has 0 fully saturated rings. The second-order valence-electron chi connectivity index (χ2n) is 5.84. The molecule has 0 saturated heterocycles. The van der Waals surface area contributed by atoms with Crippen molar-refractivity contribution in [2.24, 2.45) is 5.41 Å². The molecule has 0 saturated carbocycles. The van der Waals surface area contributed by atoms with Gasteiger partial charge in [0, 0.05) is 23.8 Å². The number of nitrogen functional groups attached to an aromatic ring is 1. The first-order valence-corrected chi connectivity index (χ1v) is 6.34. The highest BCUT2D eigenvalue weighted by Gasteiger charge is 2.10. The van der Waals surface area contributed by atoms with E-state index >= 15 is 0 Å². The van der Waals surface area contributed by atoms with Gasteiger partial charge in [-0.25, -0.2) is 0 Å². The number of pyridine rings is 1. The maximum Gasteiger partial charge on any atom is 0.0951 e. The number of aromatic nitrogens is 1. The van der Waals surface area contributed by atoms with Gasteiger partial charge in [0.15, 0.2) is 0 Å². The molecule has 0 aliphatic heterocycles. The second kappa shape index (κ2) is 4.84. The van der Waals surface area contributed by atoms with Crippen molar-refractivity contribution in [1.82, 2.24) is 4.98 Å². The molecule has 0 atom stereocenters. The highest BCUT2D eigenvalue weighted by Crippen LogP contribution is 2.27. The van der Waals surface area contributed by atoms with Crippen LogP contribution >= 0.6 is 0 Å². The number of nitrogens with two attached hydrogens (primary N) is 1. The van der Waals surface area contributed by atoms with Gasteiger partial charge in [-0.1, -0.05) is 20.8 Å². The summed E-state index contributed by atoms with van der Waals surface area (Å²) < 4.78 is 0. The van der Waals surface area contributed by atoms with Gasteiger partial charge in [-0.15, -0.1) is 0 Å². The largest absolute Gasteiger partial charge is 0.397 e. The highest BCUT2D eigenvalue weighted by atomic mass is 14.9. The molecule has 3 nitrogen and oxygen atoms in total. The average Bonchev–Trinajstić information content (AvgIpc) is 2.31. The SMILES string of the molecule is CC(C)(C)CCNc1ccc(N)c2ncccc12. The third kappa shape index (κ3) is 2.92. The fourth-order valence-corrected chi connectivity index (χ4v) is 1.92. The van der Waals surface area contributed by atoms with Crippen LogP contribution in [0.25, 0.3) is 10.9 Å². The summed E-state index contributed by atoms with van der Waals surface area (Å²) in [4.78, 5) is 4.33. The Balaban J connectivity index is 2.21. The van der Waals surface area contributed by atoms with Gasteiger partial charge in [-0.05, 0) is 36.1 Å². The Morgan fingerprint density at radius 2 is 2.00 bits per heavy atom. The van der Waals surface area contributed by atoms with E-state index in [1.807, 2.05) is 18.2 Å². The van der Waals surface area contributed by atoms with Gasteiger partial charge in [0.1, 0.15) is 0 Å². The van der Waals surface area contributed by atoms with E-state index in [1.165, 1.54) is 0 Å². The molecule has 0 aliphatic rings. The summed E-state index contributed by atoms with van der Waals surface area (Å²) in [6.07, 6.45) is 2.90. The number of nitrogens with one attached hydrogen (secondary N) is 1. The number of hydrogen-bond acceptors (Lipinski definition) is 3. The molecular formula is C15H21N3. The van der Waals surface area contributed by atoms with E-state index in [1.54, 1.807) is 6.20 Å². The molecule has 3 N–H and O–H groups in total. The van der Waals surface area contributed by atoms with Crippen LogP contribution in [-0.2, 0) is 0 Å². The van der Waals surface area contributed by atoms with Crippen LogP contribution in [0.1, 0.15) is 27.2 Å². The first kappa shape index (κ1) is 12.7. The van der Waals surface area contributed by atoms with Gasteiger partial charge in [-0.3, -0.25) is 4.98 Å². The maximum absolute atomic E-state index is 5.93. The smallest absolute Gasteiger partial charge is 0.0951 e. The zero-order chi connectivity index (χ0) is 13.2. The molecule has 1 aromatic carbocycles. The summed E-state index contributed by atoms with van der Waals surface area (Å²) >= 11 is 0. The van der Waals surface area contributed by atoms with Crippen LogP contribution in [-0.4, -0.2) is 11.5 Å². The Morgan fingerprint density at radius 1 is 1.22 bits per heavy atom. The Morgan fingerprint density at radius 3 is 2.72 bits per heavy atom. The molecule has 0 spiro atoms. The number of anilines is 2. The van der Waals surface area contributed by atoms with Crippen molar-refractivity contribution in [3.63, 3.8) is 0 Å². The van der Waals surface area contributed by atoms with Crippen LogP contribution in [0.15, 0.2) is 30.5 Å². The normalized spacial score (nSPS) is 11.7. The lowest BCUT2D eigenvalue weighted by molar-refractivity contribution is 0.390. The van der Waals surface area contributed by atoms with Gasteiger partial charge in [0.25, 0.3) is 0 Å². The zero-order valence-corrected chi connectivity index (χ0v) is 11.3. The van der Waals surface area contributed by atoms with Crippen molar-refractivity contribution >= 4 is 22.3 Å². The molecule has 18 heavy (non-hydrogen) atoms. The van der Waals surface area contributed by atoms with E-state index in [2.05, 4.69) is 37.1 Å². The van der Waals surface area contributed by atoms with Crippen molar-refractivity contribution in [2.45, 2.75) is 27.2 Å². The van der Waals surface area contributed by atoms with Gasteiger partial charge < -0.3 is 11.1 Å². The standard InChI is InChI=1S/C15H21N3/c1-15(2,3)8-10-17-13-7-6-12(16)14-11(13)5-4-9-18-14/h4-7,9,17H,8,10,16H2,1-3H3. The fourth-order valence-electron chi connectivity index (χ4n) is 1.92. The first-order valence-electron chi connectivity index (χ1n) is 6.34. The lowest BCUT2D eigenvalue weighted by Crippen LogP contribution is -2.13. The fraction of sp³-hybridized carbons (Fsp3) is 0.400. The van der Waals surface area contributed by atoms with Crippen LogP contribution in [0.3, 0.4) is 0 Å². The Labute approximate surface area is 108 Å². The van der Waals surface area contributed by atoms with E-state index in [-0.39, 0.29) is 0 Å². The Kier molecular flexibility index (Phi) is 3.41. The summed E-state index contributed by atoms with van der Waals surface area (Å²) in [5.74, 6) is 0. The molecule has 3 heteroatoms. The van der Waals surface area contributed by atoms with Crippen LogP contribution in [0, 0.1) is 5.41 Å². The van der Waals surface area contributed by atoms with Crippen molar-refractivity contribution in [3.8, 4) is 0 Å². The van der Waals surface area contributed by atoms with Crippen LogP contribution in [0.5, 0.6) is 0 Å². The summed E-state index contributed by atoms with van der Waals surface area (Å²) in [5.41, 5.74) is 8.98. The predicted molar refractivity (Wildman–Crippen MR) is 78.7 cm³/mol. The lowest BCUT2D eigenvalue weighted by atomic mass is 9.92. The summed E-state index contributed by atoms with van der Waals surface area (Å²) in [5, 5.41) is 4.57. The quantitative estimate of drug-likeness (QED) is 0.809. The maximum atomic E-state index is 5.93. The minimum absolute atomic E-state index is 0.342. The third-order valence-electron chi connectivity index (χ3n) is 2.99. The zero-order valence-electron chi connectivity index (χ0n) is 11.3. The highest BCUT2D eigenvalue weighted by molar-refractivity contribution is 5.98. The van der Waals surface area contributed by atoms with Gasteiger partial charge in [0.2, 0.25) is 0 Å². The minimum atomic E-state index is 0.342. The topological polar surface area (TPSA) is 50.9 Å². The van der Waals surface area contributed by atoms with E-state index in [0.717, 1.165) is 35.2 Å². The number of fused-ring (bicyclic) bond motifs is 1. The van der Waals surface area contributed by atoms with Crippen molar-refractivity contribution in [1.29, 1.82) is 0 Å². The third-order valence-corrected chi connectivity index (χ3v) is 2.99. The molecule has 96 valence electrons. The monoisotopic (exact) mass is 243 g/mol. The number of nitrogens with zero attached hydrogens (tertiary/aromatic N) is 1. The summed E-state index contributed by atoms with van der Waals surface area (Å²) in [6, 6.07) is 7.94. The Hall–Kier alpha value is -1.77. The number of hydrogen-bond donors (Lipinski definition) is 2. The number of rotatable bonds is 3. The van der Waals surface area contributed by atoms with Crippen LogP contribution in [0.4, 0.5) is 11.4 Å². The van der Waals surface area contributed by atoms with Gasteiger partial charge in [0.05, 0.1) is 11.2 Å². The van der Waals surface area contributed by atoms with Gasteiger partial charge >= 0.3 is 0 Å². The van der Waals surface area contributed by atoms with E-state index in [9.17, 15) is 0 Å². The van der Waals surface area contributed by atoms with Crippen molar-refractivity contribution in [2.75, 3.05) is 17.6 Å². The Bertz CT molecular complexity index is 541. The molecule has 0 amide bonds. The molecule has 0 radical (unpaired) electrons. The van der Waals surface area contributed by atoms with Crippen molar-refractivity contribution < 1.29 is 0 Å². The molecule has 0 bridgehead atoms. The molecule has 2 aromatic rings.